The average Bonchev–Trinajstić information content (AvgIpc) is 3.31. The maximum absolute atomic E-state index is 13.7. The third-order valence-corrected chi connectivity index (χ3v) is 6.44. The van der Waals surface area contributed by atoms with Gasteiger partial charge in [-0.3, -0.25) is 4.79 Å². The fraction of sp³-hybridized carbons (Fsp3) is 0.333. The van der Waals surface area contributed by atoms with Crippen molar-refractivity contribution >= 4 is 5.91 Å². The lowest BCUT2D eigenvalue weighted by molar-refractivity contribution is -0.211. The summed E-state index contributed by atoms with van der Waals surface area (Å²) >= 11 is 0. The summed E-state index contributed by atoms with van der Waals surface area (Å²) in [6, 6.07) is 11.6. The van der Waals surface area contributed by atoms with E-state index in [2.05, 4.69) is 5.10 Å². The lowest BCUT2D eigenvalue weighted by Gasteiger charge is -2.44. The summed E-state index contributed by atoms with van der Waals surface area (Å²) < 4.78 is 58.1. The number of carbonyl (C=O) groups is 1. The second kappa shape index (κ2) is 7.96. The number of halogens is 3. The van der Waals surface area contributed by atoms with E-state index in [1.807, 2.05) is 0 Å². The Balaban J connectivity index is 1.44. The number of fused-ring (bicyclic) bond motifs is 4. The van der Waals surface area contributed by atoms with Crippen LogP contribution in [-0.4, -0.2) is 47.9 Å². The molecule has 1 amide bonds. The molecule has 0 aliphatic carbocycles. The van der Waals surface area contributed by atoms with Gasteiger partial charge in [0.05, 0.1) is 26.1 Å². The van der Waals surface area contributed by atoms with E-state index in [0.29, 0.717) is 59.9 Å². The number of alkyl halides is 3. The van der Waals surface area contributed by atoms with Gasteiger partial charge >= 0.3 is 6.30 Å². The molecule has 178 valence electrons. The Morgan fingerprint density at radius 3 is 2.44 bits per heavy atom. The number of para-hydroxylation sites is 1. The van der Waals surface area contributed by atoms with Crippen LogP contribution in [0.3, 0.4) is 0 Å². The van der Waals surface area contributed by atoms with Crippen LogP contribution in [0.15, 0.2) is 48.7 Å². The van der Waals surface area contributed by atoms with Crippen LogP contribution in [0.25, 0.3) is 11.3 Å². The summed E-state index contributed by atoms with van der Waals surface area (Å²) in [6.45, 7) is 0.623. The van der Waals surface area contributed by atoms with Gasteiger partial charge in [-0.15, -0.1) is 13.2 Å². The fourth-order valence-corrected chi connectivity index (χ4v) is 4.74. The highest BCUT2D eigenvalue weighted by Crippen LogP contribution is 2.50. The highest BCUT2D eigenvalue weighted by atomic mass is 19.4. The highest BCUT2D eigenvalue weighted by molar-refractivity contribution is 5.95. The first-order valence-electron chi connectivity index (χ1n) is 10.7. The van der Waals surface area contributed by atoms with Crippen molar-refractivity contribution in [3.8, 4) is 28.5 Å². The van der Waals surface area contributed by atoms with Gasteiger partial charge in [0.1, 0.15) is 11.4 Å². The summed E-state index contributed by atoms with van der Waals surface area (Å²) in [5, 5.41) is 3.66. The Labute approximate surface area is 193 Å². The first-order chi connectivity index (χ1) is 16.3. The van der Waals surface area contributed by atoms with Gasteiger partial charge in [0.25, 0.3) is 5.91 Å². The monoisotopic (exact) mass is 473 g/mol. The number of ether oxygens (including phenoxy) is 3. The van der Waals surface area contributed by atoms with Crippen LogP contribution in [0.5, 0.6) is 17.2 Å². The number of piperidine rings is 1. The number of benzene rings is 2. The molecule has 2 aromatic carbocycles. The number of carbonyl (C=O) groups excluding carboxylic acids is 1. The quantitative estimate of drug-likeness (QED) is 0.558. The molecule has 5 rings (SSSR count). The maximum atomic E-state index is 13.7. The molecule has 0 N–H and O–H groups in total. The fourth-order valence-electron chi connectivity index (χ4n) is 4.74. The third-order valence-electron chi connectivity index (χ3n) is 6.44. The zero-order valence-electron chi connectivity index (χ0n) is 18.6. The molecule has 1 aromatic heterocycles. The smallest absolute Gasteiger partial charge is 0.493 e. The van der Waals surface area contributed by atoms with E-state index >= 15 is 0 Å². The molecule has 0 unspecified atom stereocenters. The summed E-state index contributed by atoms with van der Waals surface area (Å²) in [4.78, 5) is 14.8. The molecule has 0 radical (unpaired) electrons. The molecule has 1 fully saturated rings. The minimum absolute atomic E-state index is 0.00554. The van der Waals surface area contributed by atoms with Crippen LogP contribution in [0, 0.1) is 0 Å². The lowest BCUT2D eigenvalue weighted by atomic mass is 9.81. The molecule has 3 aromatic rings. The minimum atomic E-state index is -4.66. The Morgan fingerprint density at radius 2 is 1.76 bits per heavy atom. The second-order valence-electron chi connectivity index (χ2n) is 8.24. The summed E-state index contributed by atoms with van der Waals surface area (Å²) in [5.41, 5.74) is 0.174. The topological polar surface area (TPSA) is 65.8 Å². The Bertz CT molecular complexity index is 1250. The molecule has 34 heavy (non-hydrogen) atoms. The van der Waals surface area contributed by atoms with Crippen molar-refractivity contribution in [2.45, 2.75) is 24.7 Å². The van der Waals surface area contributed by atoms with E-state index in [9.17, 15) is 18.0 Å². The van der Waals surface area contributed by atoms with Crippen molar-refractivity contribution < 1.29 is 32.2 Å². The first kappa shape index (κ1) is 22.1. The molecule has 0 atom stereocenters. The molecule has 1 saturated heterocycles. The molecule has 1 spiro atoms. The summed E-state index contributed by atoms with van der Waals surface area (Å²) in [6.07, 6.45) is -2.76. The number of aromatic nitrogens is 2. The van der Waals surface area contributed by atoms with Gasteiger partial charge in [0, 0.05) is 42.6 Å². The van der Waals surface area contributed by atoms with Crippen LogP contribution in [-0.2, 0) is 11.9 Å². The molecule has 3 heterocycles. The van der Waals surface area contributed by atoms with Gasteiger partial charge in [0.15, 0.2) is 11.5 Å². The average molecular weight is 473 g/mol. The van der Waals surface area contributed by atoms with Crippen LogP contribution in [0.1, 0.15) is 28.8 Å². The van der Waals surface area contributed by atoms with Crippen LogP contribution in [0.4, 0.5) is 13.2 Å². The molecule has 7 nitrogen and oxygen atoms in total. The number of methoxy groups -OCH3 is 2. The Hall–Kier alpha value is -3.69. The molecule has 0 saturated carbocycles. The van der Waals surface area contributed by atoms with Crippen LogP contribution < -0.4 is 14.2 Å². The molecule has 2 aliphatic rings. The minimum Gasteiger partial charge on any atom is -0.493 e. The lowest BCUT2D eigenvalue weighted by Crippen LogP contribution is -2.49. The first-order valence-corrected chi connectivity index (χ1v) is 10.7. The maximum Gasteiger partial charge on any atom is 0.505 e. The number of amides is 1. The molecular formula is C24H22F3N3O4. The normalized spacial score (nSPS) is 16.4. The van der Waals surface area contributed by atoms with Crippen LogP contribution >= 0.6 is 0 Å². The zero-order valence-corrected chi connectivity index (χ0v) is 18.6. The summed E-state index contributed by atoms with van der Waals surface area (Å²) in [5.74, 6) is 1.14. The van der Waals surface area contributed by atoms with E-state index in [1.54, 1.807) is 47.4 Å². The third kappa shape index (κ3) is 3.44. The molecule has 10 heteroatoms. The van der Waals surface area contributed by atoms with E-state index in [-0.39, 0.29) is 16.3 Å². The summed E-state index contributed by atoms with van der Waals surface area (Å²) in [7, 11) is 3.01. The van der Waals surface area contributed by atoms with Gasteiger partial charge in [-0.05, 0) is 30.3 Å². The number of hydrogen-bond acceptors (Lipinski definition) is 5. The van der Waals surface area contributed by atoms with Crippen LogP contribution in [0.2, 0.25) is 0 Å². The van der Waals surface area contributed by atoms with Gasteiger partial charge in [0.2, 0.25) is 0 Å². The predicted molar refractivity (Wildman–Crippen MR) is 116 cm³/mol. The van der Waals surface area contributed by atoms with E-state index in [0.717, 1.165) is 0 Å². The van der Waals surface area contributed by atoms with Crippen molar-refractivity contribution in [1.29, 1.82) is 0 Å². The number of likely N-dealkylation sites (tertiary alicyclic amines) is 1. The van der Waals surface area contributed by atoms with Crippen molar-refractivity contribution in [3.05, 3.63) is 59.8 Å². The number of nitrogens with zero attached hydrogens (tertiary/aromatic N) is 3. The van der Waals surface area contributed by atoms with Crippen molar-refractivity contribution in [2.75, 3.05) is 27.3 Å². The second-order valence-corrected chi connectivity index (χ2v) is 8.24. The van der Waals surface area contributed by atoms with Gasteiger partial charge in [-0.25, -0.2) is 0 Å². The van der Waals surface area contributed by atoms with Gasteiger partial charge < -0.3 is 19.1 Å². The Morgan fingerprint density at radius 1 is 1.06 bits per heavy atom. The Kier molecular flexibility index (Phi) is 5.18. The van der Waals surface area contributed by atoms with Crippen molar-refractivity contribution in [2.24, 2.45) is 0 Å². The van der Waals surface area contributed by atoms with Crippen molar-refractivity contribution in [3.63, 3.8) is 0 Å². The highest BCUT2D eigenvalue weighted by Gasteiger charge is 2.49. The van der Waals surface area contributed by atoms with Gasteiger partial charge in [-0.2, -0.15) is 9.78 Å². The number of rotatable bonds is 3. The predicted octanol–water partition coefficient (Wildman–Crippen LogP) is 4.57. The van der Waals surface area contributed by atoms with Gasteiger partial charge in [-0.1, -0.05) is 12.1 Å². The zero-order chi connectivity index (χ0) is 24.1. The van der Waals surface area contributed by atoms with E-state index < -0.39 is 11.9 Å². The molecule has 2 aliphatic heterocycles. The number of hydrogen-bond donors (Lipinski definition) is 0. The molecule has 0 bridgehead atoms. The van der Waals surface area contributed by atoms with Crippen molar-refractivity contribution in [1.82, 2.24) is 14.7 Å². The molecular weight excluding hydrogens is 451 g/mol. The van der Waals surface area contributed by atoms with E-state index in [4.69, 9.17) is 14.2 Å². The standard InChI is InChI=1S/C24H22F3N3O4/c1-32-19-8-7-15(13-20(19)33-2)22(31)29-11-9-23(10-12-29)17-14-28-30(24(25,26)27)21(17)16-5-3-4-6-18(16)34-23/h3-8,13-14H,9-12H2,1-2H3. The SMILES string of the molecule is COc1ccc(C(=O)N2CCC3(CC2)Oc2ccccc2-c2c3cnn2C(F)(F)F)cc1OC. The largest absolute Gasteiger partial charge is 0.505 e. The van der Waals surface area contributed by atoms with E-state index in [1.165, 1.54) is 20.4 Å².